The first-order valence-electron chi connectivity index (χ1n) is 8.01. The van der Waals surface area contributed by atoms with Crippen LogP contribution >= 0.6 is 0 Å². The van der Waals surface area contributed by atoms with Crippen molar-refractivity contribution in [1.29, 1.82) is 0 Å². The fraction of sp³-hybridized carbons (Fsp3) is 0.286. The van der Waals surface area contributed by atoms with Crippen molar-refractivity contribution in [2.75, 3.05) is 0 Å². The predicted molar refractivity (Wildman–Crippen MR) is 93.0 cm³/mol. The van der Waals surface area contributed by atoms with Gasteiger partial charge in [-0.3, -0.25) is 4.79 Å². The molecule has 0 aromatic heterocycles. The number of rotatable bonds is 8. The summed E-state index contributed by atoms with van der Waals surface area (Å²) >= 11 is 0. The van der Waals surface area contributed by atoms with E-state index >= 15 is 0 Å². The summed E-state index contributed by atoms with van der Waals surface area (Å²) < 4.78 is 0. The van der Waals surface area contributed by atoms with Crippen LogP contribution < -0.4 is 0 Å². The van der Waals surface area contributed by atoms with Gasteiger partial charge in [0.15, 0.2) is 0 Å². The van der Waals surface area contributed by atoms with Crippen LogP contribution in [0, 0.1) is 0 Å². The molecule has 0 fully saturated rings. The third-order valence-electron chi connectivity index (χ3n) is 4.29. The normalized spacial score (nSPS) is 11.1. The zero-order valence-electron chi connectivity index (χ0n) is 13.3. The molecule has 114 valence electrons. The number of unbranched alkanes of at least 4 members (excludes halogenated alkanes) is 1. The maximum Gasteiger partial charge on any atom is 0.147 e. The minimum atomic E-state index is -0.541. The van der Waals surface area contributed by atoms with Crippen molar-refractivity contribution in [3.63, 3.8) is 0 Å². The van der Waals surface area contributed by atoms with Crippen molar-refractivity contribution < 1.29 is 4.79 Å². The van der Waals surface area contributed by atoms with Crippen molar-refractivity contribution in [2.24, 2.45) is 0 Å². The molecule has 0 saturated heterocycles. The van der Waals surface area contributed by atoms with Crippen LogP contribution in [0.15, 0.2) is 73.3 Å². The van der Waals surface area contributed by atoms with Crippen molar-refractivity contribution >= 4 is 5.78 Å². The molecule has 1 heteroatoms. The Kier molecular flexibility index (Phi) is 5.71. The first-order valence-corrected chi connectivity index (χ1v) is 8.01. The van der Waals surface area contributed by atoms with E-state index in [9.17, 15) is 4.79 Å². The monoisotopic (exact) mass is 292 g/mol. The van der Waals surface area contributed by atoms with Gasteiger partial charge in [-0.25, -0.2) is 0 Å². The number of benzene rings is 2. The van der Waals surface area contributed by atoms with E-state index in [0.717, 1.165) is 30.4 Å². The summed E-state index contributed by atoms with van der Waals surface area (Å²) in [5.41, 5.74) is 1.65. The van der Waals surface area contributed by atoms with Crippen LogP contribution in [0.4, 0.5) is 0 Å². The zero-order chi connectivity index (χ0) is 15.8. The minimum absolute atomic E-state index is 0.286. The van der Waals surface area contributed by atoms with E-state index in [0.29, 0.717) is 6.42 Å². The number of Topliss-reactive ketones (excluding diaryl/α,β-unsaturated/α-hetero) is 1. The van der Waals surface area contributed by atoms with Crippen LogP contribution in [0.5, 0.6) is 0 Å². The number of ketones is 1. The van der Waals surface area contributed by atoms with Crippen LogP contribution in [0.25, 0.3) is 0 Å². The standard InChI is InChI=1S/C21H24O/c1-3-5-12-17-21(20(22)4-2,18-13-8-6-9-14-18)19-15-10-7-11-16-19/h3,6-11,13-16H,1,4-5,12,17H2,2H3. The van der Waals surface area contributed by atoms with Gasteiger partial charge in [0.05, 0.1) is 5.41 Å². The highest BCUT2D eigenvalue weighted by Gasteiger charge is 2.39. The zero-order valence-corrected chi connectivity index (χ0v) is 13.3. The predicted octanol–water partition coefficient (Wildman–Crippen LogP) is 5.31. The fourth-order valence-electron chi connectivity index (χ4n) is 3.18. The summed E-state index contributed by atoms with van der Waals surface area (Å²) in [7, 11) is 0. The second-order valence-corrected chi connectivity index (χ2v) is 5.60. The molecule has 2 aromatic carbocycles. The number of hydrogen-bond acceptors (Lipinski definition) is 1. The van der Waals surface area contributed by atoms with Gasteiger partial charge in [-0.15, -0.1) is 6.58 Å². The van der Waals surface area contributed by atoms with Crippen molar-refractivity contribution in [3.8, 4) is 0 Å². The molecule has 1 nitrogen and oxygen atoms in total. The second-order valence-electron chi connectivity index (χ2n) is 5.60. The first kappa shape index (κ1) is 16.2. The second kappa shape index (κ2) is 7.74. The van der Waals surface area contributed by atoms with Gasteiger partial charge >= 0.3 is 0 Å². The minimum Gasteiger partial charge on any atom is -0.298 e. The Bertz CT molecular complexity index is 559. The molecule has 22 heavy (non-hydrogen) atoms. The molecule has 0 saturated carbocycles. The summed E-state index contributed by atoms with van der Waals surface area (Å²) in [6.07, 6.45) is 5.17. The van der Waals surface area contributed by atoms with Gasteiger partial charge in [-0.2, -0.15) is 0 Å². The largest absolute Gasteiger partial charge is 0.298 e. The Morgan fingerprint density at radius 3 is 1.91 bits per heavy atom. The van der Waals surface area contributed by atoms with Gasteiger partial charge in [0.1, 0.15) is 5.78 Å². The Hall–Kier alpha value is -2.15. The van der Waals surface area contributed by atoms with Crippen LogP contribution in [-0.4, -0.2) is 5.78 Å². The summed E-state index contributed by atoms with van der Waals surface area (Å²) in [4.78, 5) is 13.0. The van der Waals surface area contributed by atoms with Gasteiger partial charge in [-0.05, 0) is 30.4 Å². The van der Waals surface area contributed by atoms with Crippen LogP contribution in [0.1, 0.15) is 43.7 Å². The van der Waals surface area contributed by atoms with E-state index in [1.807, 2.05) is 49.4 Å². The maximum atomic E-state index is 13.0. The third kappa shape index (κ3) is 3.19. The summed E-state index contributed by atoms with van der Waals surface area (Å²) in [6, 6.07) is 20.4. The lowest BCUT2D eigenvalue weighted by Gasteiger charge is -2.33. The molecule has 0 aliphatic carbocycles. The third-order valence-corrected chi connectivity index (χ3v) is 4.29. The van der Waals surface area contributed by atoms with E-state index in [-0.39, 0.29) is 5.78 Å². The summed E-state index contributed by atoms with van der Waals surface area (Å²) in [6.45, 7) is 5.76. The van der Waals surface area contributed by atoms with Crippen LogP contribution in [-0.2, 0) is 10.2 Å². The van der Waals surface area contributed by atoms with E-state index in [1.165, 1.54) is 0 Å². The van der Waals surface area contributed by atoms with Crippen LogP contribution in [0.3, 0.4) is 0 Å². The van der Waals surface area contributed by atoms with Crippen LogP contribution in [0.2, 0.25) is 0 Å². The topological polar surface area (TPSA) is 17.1 Å². The van der Waals surface area contributed by atoms with Gasteiger partial charge in [0, 0.05) is 6.42 Å². The highest BCUT2D eigenvalue weighted by Crippen LogP contribution is 2.39. The lowest BCUT2D eigenvalue weighted by Crippen LogP contribution is -2.37. The van der Waals surface area contributed by atoms with E-state index in [4.69, 9.17) is 0 Å². The fourth-order valence-corrected chi connectivity index (χ4v) is 3.18. The number of carbonyl (C=O) groups excluding carboxylic acids is 1. The molecule has 0 N–H and O–H groups in total. The lowest BCUT2D eigenvalue weighted by molar-refractivity contribution is -0.123. The highest BCUT2D eigenvalue weighted by atomic mass is 16.1. The Balaban J connectivity index is 2.58. The quantitative estimate of drug-likeness (QED) is 0.476. The van der Waals surface area contributed by atoms with E-state index in [2.05, 4.69) is 30.8 Å². The number of hydrogen-bond donors (Lipinski definition) is 0. The molecule has 2 rings (SSSR count). The molecule has 0 bridgehead atoms. The molecule has 0 unspecified atom stereocenters. The number of allylic oxidation sites excluding steroid dienone is 1. The van der Waals surface area contributed by atoms with Gasteiger partial charge in [-0.1, -0.05) is 73.7 Å². The maximum absolute atomic E-state index is 13.0. The molecule has 2 aromatic rings. The average molecular weight is 292 g/mol. The Morgan fingerprint density at radius 2 is 1.50 bits per heavy atom. The summed E-state index contributed by atoms with van der Waals surface area (Å²) in [5, 5.41) is 0. The number of carbonyl (C=O) groups is 1. The molecular weight excluding hydrogens is 268 g/mol. The van der Waals surface area contributed by atoms with Gasteiger partial charge in [0.25, 0.3) is 0 Å². The smallest absolute Gasteiger partial charge is 0.147 e. The van der Waals surface area contributed by atoms with Crippen molar-refractivity contribution in [1.82, 2.24) is 0 Å². The molecule has 0 atom stereocenters. The van der Waals surface area contributed by atoms with Crippen molar-refractivity contribution in [2.45, 2.75) is 38.0 Å². The average Bonchev–Trinajstić information content (AvgIpc) is 2.60. The molecule has 0 spiro atoms. The molecule has 0 heterocycles. The molecular formula is C21H24O. The lowest BCUT2D eigenvalue weighted by atomic mass is 9.67. The van der Waals surface area contributed by atoms with E-state index < -0.39 is 5.41 Å². The molecule has 0 amide bonds. The summed E-state index contributed by atoms with van der Waals surface area (Å²) in [5.74, 6) is 0.286. The Morgan fingerprint density at radius 1 is 1.00 bits per heavy atom. The SMILES string of the molecule is C=CCCCC(C(=O)CC)(c1ccccc1)c1ccccc1. The molecule has 0 aliphatic rings. The Labute approximate surface area is 133 Å². The van der Waals surface area contributed by atoms with Gasteiger partial charge in [0.2, 0.25) is 0 Å². The van der Waals surface area contributed by atoms with E-state index in [1.54, 1.807) is 0 Å². The first-order chi connectivity index (χ1) is 10.8. The molecule has 0 radical (unpaired) electrons. The highest BCUT2D eigenvalue weighted by molar-refractivity contribution is 5.93. The van der Waals surface area contributed by atoms with Gasteiger partial charge < -0.3 is 0 Å². The molecule has 0 aliphatic heterocycles. The van der Waals surface area contributed by atoms with Crippen molar-refractivity contribution in [3.05, 3.63) is 84.4 Å².